The topological polar surface area (TPSA) is 67.2 Å². The summed E-state index contributed by atoms with van der Waals surface area (Å²) in [5, 5.41) is 12.1. The van der Waals surface area contributed by atoms with Gasteiger partial charge in [0, 0.05) is 31.7 Å². The smallest absolute Gasteiger partial charge is 0.253 e. The molecule has 1 saturated heterocycles. The van der Waals surface area contributed by atoms with Crippen molar-refractivity contribution in [1.82, 2.24) is 30.0 Å². The molecule has 0 saturated carbocycles. The summed E-state index contributed by atoms with van der Waals surface area (Å²) < 4.78 is 1.77. The SMILES string of the molecule is Cc1ccc(C(=O)N2CCN(Cc3nnnn3-c3ccccc3)CC2)cc1. The number of amides is 1. The maximum absolute atomic E-state index is 12.6. The van der Waals surface area contributed by atoms with Crippen LogP contribution in [-0.4, -0.2) is 62.1 Å². The van der Waals surface area contributed by atoms with E-state index in [1.165, 1.54) is 0 Å². The lowest BCUT2D eigenvalue weighted by Gasteiger charge is -2.34. The summed E-state index contributed by atoms with van der Waals surface area (Å²) in [5.74, 6) is 0.906. The van der Waals surface area contributed by atoms with Gasteiger partial charge in [-0.15, -0.1) is 5.10 Å². The number of nitrogens with zero attached hydrogens (tertiary/aromatic N) is 6. The van der Waals surface area contributed by atoms with Crippen LogP contribution in [0, 0.1) is 6.92 Å². The van der Waals surface area contributed by atoms with Gasteiger partial charge in [-0.3, -0.25) is 9.69 Å². The summed E-state index contributed by atoms with van der Waals surface area (Å²) >= 11 is 0. The van der Waals surface area contributed by atoms with Crippen LogP contribution in [0.2, 0.25) is 0 Å². The molecule has 138 valence electrons. The first-order chi connectivity index (χ1) is 13.2. The van der Waals surface area contributed by atoms with Crippen LogP contribution in [0.3, 0.4) is 0 Å². The molecule has 0 bridgehead atoms. The first kappa shape index (κ1) is 17.4. The van der Waals surface area contributed by atoms with Gasteiger partial charge in [0.25, 0.3) is 5.91 Å². The van der Waals surface area contributed by atoms with Crippen molar-refractivity contribution in [2.75, 3.05) is 26.2 Å². The van der Waals surface area contributed by atoms with Crippen molar-refractivity contribution in [2.45, 2.75) is 13.5 Å². The molecule has 0 aliphatic carbocycles. The number of carbonyl (C=O) groups is 1. The van der Waals surface area contributed by atoms with Crippen molar-refractivity contribution in [1.29, 1.82) is 0 Å². The molecule has 3 aromatic rings. The van der Waals surface area contributed by atoms with E-state index >= 15 is 0 Å². The molecule has 1 amide bonds. The largest absolute Gasteiger partial charge is 0.336 e. The average Bonchev–Trinajstić information content (AvgIpc) is 3.17. The minimum absolute atomic E-state index is 0.101. The monoisotopic (exact) mass is 362 g/mol. The number of hydrogen-bond acceptors (Lipinski definition) is 5. The molecular formula is C20H22N6O. The van der Waals surface area contributed by atoms with Crippen molar-refractivity contribution in [3.8, 4) is 5.69 Å². The number of aryl methyl sites for hydroxylation is 1. The van der Waals surface area contributed by atoms with Gasteiger partial charge in [0.1, 0.15) is 0 Å². The average molecular weight is 362 g/mol. The van der Waals surface area contributed by atoms with E-state index in [-0.39, 0.29) is 5.91 Å². The van der Waals surface area contributed by atoms with E-state index in [0.717, 1.165) is 35.7 Å². The summed E-state index contributed by atoms with van der Waals surface area (Å²) in [4.78, 5) is 16.8. The fourth-order valence-corrected chi connectivity index (χ4v) is 3.26. The first-order valence-electron chi connectivity index (χ1n) is 9.12. The Morgan fingerprint density at radius 3 is 2.37 bits per heavy atom. The zero-order chi connectivity index (χ0) is 18.6. The number of tetrazole rings is 1. The Morgan fingerprint density at radius 2 is 1.67 bits per heavy atom. The molecule has 0 N–H and O–H groups in total. The number of aromatic nitrogens is 4. The summed E-state index contributed by atoms with van der Waals surface area (Å²) in [7, 11) is 0. The fraction of sp³-hybridized carbons (Fsp3) is 0.300. The number of rotatable bonds is 4. The third-order valence-corrected chi connectivity index (χ3v) is 4.86. The molecular weight excluding hydrogens is 340 g/mol. The number of para-hydroxylation sites is 1. The van der Waals surface area contributed by atoms with E-state index in [1.54, 1.807) is 4.68 Å². The van der Waals surface area contributed by atoms with Gasteiger partial charge in [-0.1, -0.05) is 35.9 Å². The second kappa shape index (κ2) is 7.67. The molecule has 4 rings (SSSR count). The Hall–Kier alpha value is -3.06. The summed E-state index contributed by atoms with van der Waals surface area (Å²) in [6, 6.07) is 17.6. The molecule has 1 aliphatic rings. The van der Waals surface area contributed by atoms with Crippen molar-refractivity contribution in [3.63, 3.8) is 0 Å². The minimum Gasteiger partial charge on any atom is -0.336 e. The summed E-state index contributed by atoms with van der Waals surface area (Å²) in [6.07, 6.45) is 0. The maximum Gasteiger partial charge on any atom is 0.253 e. The van der Waals surface area contributed by atoms with Gasteiger partial charge in [0.15, 0.2) is 5.82 Å². The van der Waals surface area contributed by atoms with Gasteiger partial charge in [-0.05, 0) is 41.6 Å². The molecule has 1 aromatic heterocycles. The van der Waals surface area contributed by atoms with Crippen LogP contribution in [0.15, 0.2) is 54.6 Å². The fourth-order valence-electron chi connectivity index (χ4n) is 3.26. The van der Waals surface area contributed by atoms with Crippen molar-refractivity contribution < 1.29 is 4.79 Å². The van der Waals surface area contributed by atoms with E-state index < -0.39 is 0 Å². The highest BCUT2D eigenvalue weighted by Crippen LogP contribution is 2.13. The number of carbonyl (C=O) groups excluding carboxylic acids is 1. The summed E-state index contributed by atoms with van der Waals surface area (Å²) in [6.45, 7) is 5.71. The Balaban J connectivity index is 1.37. The second-order valence-electron chi connectivity index (χ2n) is 6.78. The second-order valence-corrected chi connectivity index (χ2v) is 6.78. The van der Waals surface area contributed by atoms with Gasteiger partial charge in [-0.25, -0.2) is 0 Å². The zero-order valence-corrected chi connectivity index (χ0v) is 15.3. The lowest BCUT2D eigenvalue weighted by atomic mass is 10.1. The normalized spacial score (nSPS) is 15.1. The van der Waals surface area contributed by atoms with Crippen LogP contribution in [-0.2, 0) is 6.54 Å². The van der Waals surface area contributed by atoms with E-state index in [1.807, 2.05) is 66.4 Å². The van der Waals surface area contributed by atoms with Crippen LogP contribution in [0.25, 0.3) is 5.69 Å². The molecule has 7 nitrogen and oxygen atoms in total. The molecule has 0 radical (unpaired) electrons. The molecule has 0 unspecified atom stereocenters. The quantitative estimate of drug-likeness (QED) is 0.709. The molecule has 2 heterocycles. The lowest BCUT2D eigenvalue weighted by molar-refractivity contribution is 0.0624. The molecule has 0 spiro atoms. The molecule has 7 heteroatoms. The van der Waals surface area contributed by atoms with Gasteiger partial charge < -0.3 is 4.90 Å². The van der Waals surface area contributed by atoms with Gasteiger partial charge >= 0.3 is 0 Å². The Kier molecular flexibility index (Phi) is 4.93. The van der Waals surface area contributed by atoms with E-state index in [0.29, 0.717) is 19.6 Å². The number of hydrogen-bond donors (Lipinski definition) is 0. The van der Waals surface area contributed by atoms with E-state index in [2.05, 4.69) is 20.4 Å². The van der Waals surface area contributed by atoms with Crippen molar-refractivity contribution >= 4 is 5.91 Å². The highest BCUT2D eigenvalue weighted by Gasteiger charge is 2.23. The molecule has 0 atom stereocenters. The maximum atomic E-state index is 12.6. The highest BCUT2D eigenvalue weighted by molar-refractivity contribution is 5.94. The summed E-state index contributed by atoms with van der Waals surface area (Å²) in [5.41, 5.74) is 2.86. The number of benzene rings is 2. The highest BCUT2D eigenvalue weighted by atomic mass is 16.2. The Labute approximate surface area is 158 Å². The minimum atomic E-state index is 0.101. The van der Waals surface area contributed by atoms with E-state index in [4.69, 9.17) is 0 Å². The molecule has 1 fully saturated rings. The first-order valence-corrected chi connectivity index (χ1v) is 9.12. The third kappa shape index (κ3) is 3.88. The lowest BCUT2D eigenvalue weighted by Crippen LogP contribution is -2.48. The number of piperazine rings is 1. The third-order valence-electron chi connectivity index (χ3n) is 4.86. The Bertz CT molecular complexity index is 898. The Morgan fingerprint density at radius 1 is 0.963 bits per heavy atom. The van der Waals surface area contributed by atoms with Crippen molar-refractivity contribution in [2.24, 2.45) is 0 Å². The van der Waals surface area contributed by atoms with Crippen LogP contribution >= 0.6 is 0 Å². The molecule has 1 aliphatic heterocycles. The van der Waals surface area contributed by atoms with Crippen LogP contribution in [0.1, 0.15) is 21.7 Å². The van der Waals surface area contributed by atoms with Gasteiger partial charge in [-0.2, -0.15) is 4.68 Å². The van der Waals surface area contributed by atoms with Crippen LogP contribution in [0.4, 0.5) is 0 Å². The van der Waals surface area contributed by atoms with Gasteiger partial charge in [0.2, 0.25) is 0 Å². The predicted molar refractivity (Wildman–Crippen MR) is 102 cm³/mol. The molecule has 2 aromatic carbocycles. The molecule has 27 heavy (non-hydrogen) atoms. The van der Waals surface area contributed by atoms with Crippen LogP contribution in [0.5, 0.6) is 0 Å². The predicted octanol–water partition coefficient (Wildman–Crippen LogP) is 1.93. The zero-order valence-electron chi connectivity index (χ0n) is 15.3. The van der Waals surface area contributed by atoms with Crippen LogP contribution < -0.4 is 0 Å². The van der Waals surface area contributed by atoms with E-state index in [9.17, 15) is 4.79 Å². The van der Waals surface area contributed by atoms with Crippen molar-refractivity contribution in [3.05, 3.63) is 71.5 Å². The van der Waals surface area contributed by atoms with Gasteiger partial charge in [0.05, 0.1) is 12.2 Å². The standard InChI is InChI=1S/C20H22N6O/c1-16-7-9-17(10-8-16)20(27)25-13-11-24(12-14-25)15-19-21-22-23-26(19)18-5-3-2-4-6-18/h2-10H,11-15H2,1H3.